The third-order valence-corrected chi connectivity index (χ3v) is 9.41. The SMILES string of the molecule is CC(C)c1cc(OC(F)F)cc(C(C)CC(C)c2cc(OC(F)F)cc(CCC(C)c3cc(OC(F)F)cc(C4CC4)c3N=C=O)c2N=C=O)c1N=C=O. The first-order valence-corrected chi connectivity index (χ1v) is 17.3. The summed E-state index contributed by atoms with van der Waals surface area (Å²) in [6.45, 7) is -0.548. The minimum atomic E-state index is -3.20. The Kier molecular flexibility index (Phi) is 14.4. The standard InChI is InChI=1S/C39H39F6N3O6/c1-20(2)29-12-27(53-38(42)43)15-32(35(29)47-18-50)23(5)10-22(4)31-13-26(52-37(40)41)11-25(34(31)46-17-49)7-6-21(3)30-14-28(54-39(44)45)16-33(24-8-9-24)36(30)48-19-51/h11-16,20-24,37-39H,6-10H2,1-5H3. The first kappa shape index (κ1) is 41.5. The molecule has 0 aliphatic heterocycles. The second-order valence-electron chi connectivity index (χ2n) is 13.6. The van der Waals surface area contributed by atoms with Gasteiger partial charge in [0.1, 0.15) is 17.2 Å². The molecule has 4 rings (SSSR count). The lowest BCUT2D eigenvalue weighted by molar-refractivity contribution is -0.0506. The lowest BCUT2D eigenvalue weighted by Crippen LogP contribution is -2.09. The van der Waals surface area contributed by atoms with Gasteiger partial charge in [-0.05, 0) is 131 Å². The van der Waals surface area contributed by atoms with Gasteiger partial charge in [0.25, 0.3) is 0 Å². The van der Waals surface area contributed by atoms with Crippen LogP contribution in [-0.2, 0) is 20.8 Å². The zero-order valence-corrected chi connectivity index (χ0v) is 30.2. The van der Waals surface area contributed by atoms with Gasteiger partial charge in [-0.25, -0.2) is 14.4 Å². The van der Waals surface area contributed by atoms with Crippen LogP contribution in [0.1, 0.15) is 123 Å². The van der Waals surface area contributed by atoms with Gasteiger partial charge in [0, 0.05) is 0 Å². The van der Waals surface area contributed by atoms with Crippen LogP contribution in [0.4, 0.5) is 43.4 Å². The summed E-state index contributed by atoms with van der Waals surface area (Å²) in [7, 11) is 0. The Hall–Kier alpha value is -5.22. The number of hydrogen-bond acceptors (Lipinski definition) is 9. The Labute approximate surface area is 308 Å². The van der Waals surface area contributed by atoms with E-state index in [-0.39, 0.29) is 59.7 Å². The molecule has 1 aliphatic rings. The zero-order valence-electron chi connectivity index (χ0n) is 30.2. The average Bonchev–Trinajstić information content (AvgIpc) is 3.94. The average molecular weight is 760 g/mol. The molecule has 288 valence electrons. The number of nitrogens with zero attached hydrogens (tertiary/aromatic N) is 3. The van der Waals surface area contributed by atoms with Crippen molar-refractivity contribution in [2.24, 2.45) is 15.0 Å². The molecule has 3 unspecified atom stereocenters. The van der Waals surface area contributed by atoms with Gasteiger partial charge in [0.05, 0.1) is 17.1 Å². The van der Waals surface area contributed by atoms with Gasteiger partial charge in [-0.15, -0.1) is 0 Å². The van der Waals surface area contributed by atoms with Crippen LogP contribution < -0.4 is 14.2 Å². The first-order valence-electron chi connectivity index (χ1n) is 17.3. The predicted octanol–water partition coefficient (Wildman–Crippen LogP) is 11.4. The molecule has 15 heteroatoms. The topological polar surface area (TPSA) is 116 Å². The minimum Gasteiger partial charge on any atom is -0.435 e. The van der Waals surface area contributed by atoms with E-state index < -0.39 is 37.6 Å². The van der Waals surface area contributed by atoms with Crippen LogP contribution >= 0.6 is 0 Å². The van der Waals surface area contributed by atoms with Crippen molar-refractivity contribution in [2.75, 3.05) is 0 Å². The molecule has 0 bridgehead atoms. The maximum Gasteiger partial charge on any atom is 0.387 e. The number of isocyanates is 3. The second kappa shape index (κ2) is 18.7. The fourth-order valence-corrected chi connectivity index (χ4v) is 6.81. The summed E-state index contributed by atoms with van der Waals surface area (Å²) in [5.41, 5.74) is 3.24. The van der Waals surface area contributed by atoms with E-state index in [1.54, 1.807) is 40.7 Å². The van der Waals surface area contributed by atoms with Crippen molar-refractivity contribution < 1.29 is 54.9 Å². The zero-order chi connectivity index (χ0) is 39.7. The molecule has 0 amide bonds. The molecule has 3 aromatic rings. The van der Waals surface area contributed by atoms with Crippen LogP contribution in [0.2, 0.25) is 0 Å². The summed E-state index contributed by atoms with van der Waals surface area (Å²) < 4.78 is 94.4. The van der Waals surface area contributed by atoms with Gasteiger partial charge in [-0.3, -0.25) is 0 Å². The van der Waals surface area contributed by atoms with Crippen molar-refractivity contribution in [3.05, 3.63) is 69.8 Å². The normalized spacial score (nSPS) is 14.3. The molecular formula is C39H39F6N3O6. The third kappa shape index (κ3) is 10.7. The number of ether oxygens (including phenoxy) is 3. The fourth-order valence-electron chi connectivity index (χ4n) is 6.81. The quantitative estimate of drug-likeness (QED) is 0.0682. The van der Waals surface area contributed by atoms with E-state index in [2.05, 4.69) is 15.0 Å². The number of rotatable bonds is 19. The van der Waals surface area contributed by atoms with E-state index in [0.717, 1.165) is 12.8 Å². The Morgan fingerprint density at radius 2 is 1.02 bits per heavy atom. The molecular weight excluding hydrogens is 720 g/mol. The van der Waals surface area contributed by atoms with Gasteiger partial charge in [0.15, 0.2) is 0 Å². The predicted molar refractivity (Wildman–Crippen MR) is 187 cm³/mol. The molecule has 1 aliphatic carbocycles. The molecule has 1 saturated carbocycles. The van der Waals surface area contributed by atoms with E-state index in [1.165, 1.54) is 48.6 Å². The maximum atomic E-state index is 13.6. The van der Waals surface area contributed by atoms with E-state index in [0.29, 0.717) is 39.1 Å². The van der Waals surface area contributed by atoms with Gasteiger partial charge in [-0.2, -0.15) is 41.3 Å². The van der Waals surface area contributed by atoms with Crippen molar-refractivity contribution >= 4 is 35.3 Å². The van der Waals surface area contributed by atoms with Gasteiger partial charge >= 0.3 is 19.8 Å². The molecule has 0 spiro atoms. The molecule has 0 N–H and O–H groups in total. The van der Waals surface area contributed by atoms with Crippen molar-refractivity contribution in [1.29, 1.82) is 0 Å². The monoisotopic (exact) mass is 759 g/mol. The molecule has 3 aromatic carbocycles. The highest BCUT2D eigenvalue weighted by Gasteiger charge is 2.30. The molecule has 0 saturated heterocycles. The summed E-state index contributed by atoms with van der Waals surface area (Å²) in [6.07, 6.45) is 6.72. The lowest BCUT2D eigenvalue weighted by Gasteiger charge is -2.24. The van der Waals surface area contributed by atoms with Crippen molar-refractivity contribution in [3.63, 3.8) is 0 Å². The molecule has 9 nitrogen and oxygen atoms in total. The highest BCUT2D eigenvalue weighted by atomic mass is 19.3. The molecule has 0 heterocycles. The number of hydrogen-bond donors (Lipinski definition) is 0. The number of alkyl halides is 6. The Morgan fingerprint density at radius 3 is 1.50 bits per heavy atom. The van der Waals surface area contributed by atoms with Crippen LogP contribution in [0.3, 0.4) is 0 Å². The summed E-state index contributed by atoms with van der Waals surface area (Å²) in [6, 6.07) is 8.21. The minimum absolute atomic E-state index is 0.00464. The number of benzene rings is 3. The summed E-state index contributed by atoms with van der Waals surface area (Å²) in [5.74, 6) is -2.20. The number of aliphatic imine (C=N–C) groups is 3. The van der Waals surface area contributed by atoms with Crippen LogP contribution in [0, 0.1) is 0 Å². The highest BCUT2D eigenvalue weighted by molar-refractivity contribution is 5.66. The summed E-state index contributed by atoms with van der Waals surface area (Å²) in [5, 5.41) is 0. The van der Waals surface area contributed by atoms with E-state index in [1.807, 2.05) is 0 Å². The molecule has 1 fully saturated rings. The van der Waals surface area contributed by atoms with Crippen LogP contribution in [-0.4, -0.2) is 38.1 Å². The van der Waals surface area contributed by atoms with E-state index >= 15 is 0 Å². The number of aryl methyl sites for hydroxylation is 1. The van der Waals surface area contributed by atoms with Crippen molar-refractivity contribution in [1.82, 2.24) is 0 Å². The van der Waals surface area contributed by atoms with Gasteiger partial charge in [-0.1, -0.05) is 34.6 Å². The summed E-state index contributed by atoms with van der Waals surface area (Å²) in [4.78, 5) is 46.4. The van der Waals surface area contributed by atoms with Crippen LogP contribution in [0.25, 0.3) is 0 Å². The van der Waals surface area contributed by atoms with Gasteiger partial charge < -0.3 is 14.2 Å². The molecule has 0 radical (unpaired) electrons. The second-order valence-corrected chi connectivity index (χ2v) is 13.6. The van der Waals surface area contributed by atoms with E-state index in [4.69, 9.17) is 14.2 Å². The summed E-state index contributed by atoms with van der Waals surface area (Å²) >= 11 is 0. The first-order chi connectivity index (χ1) is 25.7. The fraction of sp³-hybridized carbons (Fsp3) is 0.462. The third-order valence-electron chi connectivity index (χ3n) is 9.41. The molecule has 0 aromatic heterocycles. The largest absolute Gasteiger partial charge is 0.435 e. The van der Waals surface area contributed by atoms with Crippen LogP contribution in [0.15, 0.2) is 51.4 Å². The van der Waals surface area contributed by atoms with Crippen molar-refractivity contribution in [2.45, 2.75) is 116 Å². The number of halogens is 6. The Bertz CT molecular complexity index is 1950. The maximum absolute atomic E-state index is 13.6. The van der Waals surface area contributed by atoms with E-state index in [9.17, 15) is 40.7 Å². The lowest BCUT2D eigenvalue weighted by atomic mass is 9.83. The molecule has 3 atom stereocenters. The van der Waals surface area contributed by atoms with Gasteiger partial charge in [0.2, 0.25) is 18.2 Å². The Balaban J connectivity index is 1.75. The smallest absolute Gasteiger partial charge is 0.387 e. The van der Waals surface area contributed by atoms with Crippen molar-refractivity contribution in [3.8, 4) is 17.2 Å². The number of carbonyl (C=O) groups excluding carboxylic acids is 3. The molecule has 54 heavy (non-hydrogen) atoms. The highest BCUT2D eigenvalue weighted by Crippen LogP contribution is 2.49. The van der Waals surface area contributed by atoms with Crippen LogP contribution in [0.5, 0.6) is 17.2 Å². The Morgan fingerprint density at radius 1 is 0.593 bits per heavy atom.